The van der Waals surface area contributed by atoms with Gasteiger partial charge in [-0.1, -0.05) is 18.2 Å². The molecule has 0 spiro atoms. The highest BCUT2D eigenvalue weighted by Gasteiger charge is 2.23. The zero-order chi connectivity index (χ0) is 12.4. The lowest BCUT2D eigenvalue weighted by atomic mass is 10.1. The maximum Gasteiger partial charge on any atom is 0.242 e. The molecule has 0 saturated carbocycles. The molecule has 1 N–H and O–H groups in total. The number of rotatable bonds is 2. The number of anilines is 1. The zero-order valence-corrected chi connectivity index (χ0v) is 10.6. The Morgan fingerprint density at radius 2 is 2.06 bits per heavy atom. The predicted octanol–water partition coefficient (Wildman–Crippen LogP) is 0.828. The summed E-state index contributed by atoms with van der Waals surface area (Å²) in [4.78, 5) is 16.2. The molecule has 0 aromatic heterocycles. The van der Waals surface area contributed by atoms with Gasteiger partial charge in [0.05, 0.1) is 6.54 Å². The Hall–Kier alpha value is -1.55. The van der Waals surface area contributed by atoms with Crippen molar-refractivity contribution in [1.29, 1.82) is 0 Å². The normalized spacial score (nSPS) is 18.9. The van der Waals surface area contributed by atoms with Crippen molar-refractivity contribution >= 4 is 11.6 Å². The number of hydrogen-bond donors (Lipinski definition) is 1. The molecule has 0 radical (unpaired) electrons. The van der Waals surface area contributed by atoms with Gasteiger partial charge in [0.15, 0.2) is 0 Å². The van der Waals surface area contributed by atoms with E-state index >= 15 is 0 Å². The molecule has 0 bridgehead atoms. The molecule has 2 aliphatic heterocycles. The van der Waals surface area contributed by atoms with E-state index in [4.69, 9.17) is 0 Å². The zero-order valence-electron chi connectivity index (χ0n) is 10.6. The minimum atomic E-state index is 0.262. The third kappa shape index (κ3) is 2.20. The molecule has 3 rings (SSSR count). The van der Waals surface area contributed by atoms with Crippen LogP contribution in [0.3, 0.4) is 0 Å². The monoisotopic (exact) mass is 245 g/mol. The van der Waals surface area contributed by atoms with Crippen LogP contribution in [0.2, 0.25) is 0 Å². The third-order valence-corrected chi connectivity index (χ3v) is 3.74. The van der Waals surface area contributed by atoms with Gasteiger partial charge in [0.1, 0.15) is 0 Å². The molecule has 96 valence electrons. The number of nitrogens with zero attached hydrogens (tertiary/aromatic N) is 2. The van der Waals surface area contributed by atoms with E-state index in [2.05, 4.69) is 28.4 Å². The fourth-order valence-electron chi connectivity index (χ4n) is 2.52. The summed E-state index contributed by atoms with van der Waals surface area (Å²) in [5, 5.41) is 3.40. The molecular formula is C14H19N3O. The van der Waals surface area contributed by atoms with Gasteiger partial charge in [-0.15, -0.1) is 0 Å². The number of benzene rings is 1. The molecular weight excluding hydrogens is 226 g/mol. The van der Waals surface area contributed by atoms with Gasteiger partial charge in [-0.05, 0) is 18.1 Å². The Kier molecular flexibility index (Phi) is 3.19. The van der Waals surface area contributed by atoms with Crippen molar-refractivity contribution in [1.82, 2.24) is 10.2 Å². The number of carbonyl (C=O) groups is 1. The quantitative estimate of drug-likeness (QED) is 0.838. The van der Waals surface area contributed by atoms with E-state index in [9.17, 15) is 4.79 Å². The van der Waals surface area contributed by atoms with Gasteiger partial charge in [0, 0.05) is 38.4 Å². The number of nitrogens with one attached hydrogen (secondary N) is 1. The second-order valence-electron chi connectivity index (χ2n) is 4.96. The summed E-state index contributed by atoms with van der Waals surface area (Å²) in [7, 11) is 0. The summed E-state index contributed by atoms with van der Waals surface area (Å²) >= 11 is 0. The molecule has 0 aliphatic carbocycles. The fourth-order valence-corrected chi connectivity index (χ4v) is 2.52. The minimum absolute atomic E-state index is 0.262. The van der Waals surface area contributed by atoms with Crippen LogP contribution in [0.25, 0.3) is 0 Å². The molecule has 2 aliphatic rings. The first-order valence-corrected chi connectivity index (χ1v) is 6.66. The molecule has 4 nitrogen and oxygen atoms in total. The van der Waals surface area contributed by atoms with Crippen LogP contribution in [0.1, 0.15) is 12.0 Å². The van der Waals surface area contributed by atoms with Crippen molar-refractivity contribution in [3.05, 3.63) is 29.8 Å². The van der Waals surface area contributed by atoms with Gasteiger partial charge in [-0.2, -0.15) is 0 Å². The minimum Gasteiger partial charge on any atom is -0.361 e. The standard InChI is InChI=1S/C14H19N3O/c18-14(16-7-3-8-16)11-17-9-6-15-10-12-4-1-2-5-13(12)17/h1-2,4-5,15H,3,6-11H2. The summed E-state index contributed by atoms with van der Waals surface area (Å²) in [5.41, 5.74) is 2.49. The van der Waals surface area contributed by atoms with Crippen molar-refractivity contribution in [2.75, 3.05) is 37.6 Å². The van der Waals surface area contributed by atoms with Gasteiger partial charge in [-0.25, -0.2) is 0 Å². The Bertz CT molecular complexity index is 442. The van der Waals surface area contributed by atoms with Crippen molar-refractivity contribution < 1.29 is 4.79 Å². The molecule has 1 amide bonds. The number of hydrogen-bond acceptors (Lipinski definition) is 3. The fraction of sp³-hybridized carbons (Fsp3) is 0.500. The van der Waals surface area contributed by atoms with Gasteiger partial charge in [0.25, 0.3) is 0 Å². The second kappa shape index (κ2) is 4.98. The highest BCUT2D eigenvalue weighted by molar-refractivity contribution is 5.82. The summed E-state index contributed by atoms with van der Waals surface area (Å²) < 4.78 is 0. The first-order chi connectivity index (χ1) is 8.84. The number of amides is 1. The summed E-state index contributed by atoms with van der Waals surface area (Å²) in [6.45, 7) is 5.11. The van der Waals surface area contributed by atoms with Gasteiger partial charge in [0.2, 0.25) is 5.91 Å². The van der Waals surface area contributed by atoms with Crippen LogP contribution in [0, 0.1) is 0 Å². The lowest BCUT2D eigenvalue weighted by Gasteiger charge is -2.34. The van der Waals surface area contributed by atoms with Gasteiger partial charge < -0.3 is 15.1 Å². The largest absolute Gasteiger partial charge is 0.361 e. The number of fused-ring (bicyclic) bond motifs is 1. The summed E-state index contributed by atoms with van der Waals surface area (Å²) in [6, 6.07) is 8.35. The molecule has 2 heterocycles. The lowest BCUT2D eigenvalue weighted by Crippen LogP contribution is -2.47. The number of carbonyl (C=O) groups excluding carboxylic acids is 1. The average molecular weight is 245 g/mol. The van der Waals surface area contributed by atoms with Gasteiger partial charge >= 0.3 is 0 Å². The van der Waals surface area contributed by atoms with E-state index in [1.807, 2.05) is 11.0 Å². The first-order valence-electron chi connectivity index (χ1n) is 6.66. The molecule has 0 atom stereocenters. The van der Waals surface area contributed by atoms with E-state index < -0.39 is 0 Å². The van der Waals surface area contributed by atoms with Crippen molar-refractivity contribution in [2.24, 2.45) is 0 Å². The molecule has 1 aromatic carbocycles. The first kappa shape index (κ1) is 11.5. The van der Waals surface area contributed by atoms with E-state index in [1.165, 1.54) is 11.3 Å². The number of likely N-dealkylation sites (tertiary alicyclic amines) is 1. The smallest absolute Gasteiger partial charge is 0.242 e. The van der Waals surface area contributed by atoms with Crippen molar-refractivity contribution in [3.8, 4) is 0 Å². The molecule has 0 unspecified atom stereocenters. The Labute approximate surface area is 108 Å². The number of para-hydroxylation sites is 1. The maximum atomic E-state index is 12.1. The van der Waals surface area contributed by atoms with Crippen LogP contribution in [0.4, 0.5) is 5.69 Å². The highest BCUT2D eigenvalue weighted by Crippen LogP contribution is 2.22. The predicted molar refractivity (Wildman–Crippen MR) is 71.6 cm³/mol. The Morgan fingerprint density at radius 3 is 2.83 bits per heavy atom. The second-order valence-corrected chi connectivity index (χ2v) is 4.96. The van der Waals surface area contributed by atoms with Crippen molar-refractivity contribution in [3.63, 3.8) is 0 Å². The van der Waals surface area contributed by atoms with Crippen LogP contribution in [-0.4, -0.2) is 43.5 Å². The summed E-state index contributed by atoms with van der Waals surface area (Å²) in [6.07, 6.45) is 1.16. The van der Waals surface area contributed by atoms with E-state index in [0.717, 1.165) is 39.1 Å². The lowest BCUT2D eigenvalue weighted by molar-refractivity contribution is -0.133. The molecule has 1 fully saturated rings. The van der Waals surface area contributed by atoms with E-state index in [-0.39, 0.29) is 5.91 Å². The molecule has 1 saturated heterocycles. The average Bonchev–Trinajstić information content (AvgIpc) is 2.50. The third-order valence-electron chi connectivity index (χ3n) is 3.74. The van der Waals surface area contributed by atoms with Crippen molar-refractivity contribution in [2.45, 2.75) is 13.0 Å². The summed E-state index contributed by atoms with van der Waals surface area (Å²) in [5.74, 6) is 0.262. The van der Waals surface area contributed by atoms with Crippen LogP contribution in [0.5, 0.6) is 0 Å². The topological polar surface area (TPSA) is 35.6 Å². The Balaban J connectivity index is 1.76. The van der Waals surface area contributed by atoms with Crippen LogP contribution < -0.4 is 10.2 Å². The van der Waals surface area contributed by atoms with Crippen LogP contribution in [0.15, 0.2) is 24.3 Å². The molecule has 4 heteroatoms. The molecule has 18 heavy (non-hydrogen) atoms. The van der Waals surface area contributed by atoms with Crippen LogP contribution in [-0.2, 0) is 11.3 Å². The molecule has 1 aromatic rings. The Morgan fingerprint density at radius 1 is 1.22 bits per heavy atom. The van der Waals surface area contributed by atoms with E-state index in [0.29, 0.717) is 6.54 Å². The van der Waals surface area contributed by atoms with E-state index in [1.54, 1.807) is 0 Å². The van der Waals surface area contributed by atoms with Crippen LogP contribution >= 0.6 is 0 Å². The highest BCUT2D eigenvalue weighted by atomic mass is 16.2. The SMILES string of the molecule is O=C(CN1CCNCc2ccccc21)N1CCC1. The van der Waals surface area contributed by atoms with Gasteiger partial charge in [-0.3, -0.25) is 4.79 Å². The maximum absolute atomic E-state index is 12.1.